The van der Waals surface area contributed by atoms with Gasteiger partial charge in [0.15, 0.2) is 11.5 Å². The van der Waals surface area contributed by atoms with Crippen molar-refractivity contribution < 1.29 is 14.3 Å². The first-order valence-electron chi connectivity index (χ1n) is 9.54. The van der Waals surface area contributed by atoms with Crippen LogP contribution in [0.25, 0.3) is 0 Å². The van der Waals surface area contributed by atoms with Crippen molar-refractivity contribution in [2.24, 2.45) is 7.05 Å². The number of amides is 2. The highest BCUT2D eigenvalue weighted by Crippen LogP contribution is 2.33. The molecule has 7 nitrogen and oxygen atoms in total. The topological polar surface area (TPSA) is 68.6 Å². The molecule has 2 aromatic rings. The Labute approximate surface area is 159 Å². The first-order valence-corrected chi connectivity index (χ1v) is 9.54. The number of fused-ring (bicyclic) bond motifs is 1. The maximum absolute atomic E-state index is 13.1. The molecule has 1 aliphatic carbocycles. The van der Waals surface area contributed by atoms with Gasteiger partial charge in [0.25, 0.3) is 0 Å². The molecule has 0 bridgehead atoms. The van der Waals surface area contributed by atoms with Crippen molar-refractivity contribution in [3.8, 4) is 11.5 Å². The van der Waals surface area contributed by atoms with Gasteiger partial charge in [-0.15, -0.1) is 0 Å². The molecule has 27 heavy (non-hydrogen) atoms. The number of rotatable bonds is 5. The average Bonchev–Trinajstić information content (AvgIpc) is 3.40. The van der Waals surface area contributed by atoms with Crippen molar-refractivity contribution in [2.45, 2.75) is 51.2 Å². The fourth-order valence-electron chi connectivity index (χ4n) is 3.83. The highest BCUT2D eigenvalue weighted by molar-refractivity contribution is 5.75. The van der Waals surface area contributed by atoms with Crippen LogP contribution in [0.4, 0.5) is 4.79 Å². The van der Waals surface area contributed by atoms with E-state index in [9.17, 15) is 4.79 Å². The molecule has 7 heteroatoms. The molecule has 1 atom stereocenters. The van der Waals surface area contributed by atoms with Crippen LogP contribution in [-0.4, -0.2) is 33.5 Å². The van der Waals surface area contributed by atoms with Crippen LogP contribution in [0, 0.1) is 0 Å². The molecule has 2 amide bonds. The number of carbonyl (C=O) groups excluding carboxylic acids is 1. The maximum Gasteiger partial charge on any atom is 0.318 e. The second-order valence-electron chi connectivity index (χ2n) is 7.37. The summed E-state index contributed by atoms with van der Waals surface area (Å²) >= 11 is 0. The van der Waals surface area contributed by atoms with E-state index in [-0.39, 0.29) is 24.9 Å². The Morgan fingerprint density at radius 2 is 2.11 bits per heavy atom. The Kier molecular flexibility index (Phi) is 4.92. The summed E-state index contributed by atoms with van der Waals surface area (Å²) in [6.07, 6.45) is 8.19. The fourth-order valence-corrected chi connectivity index (χ4v) is 3.83. The summed E-state index contributed by atoms with van der Waals surface area (Å²) in [5, 5.41) is 7.33. The lowest BCUT2D eigenvalue weighted by Gasteiger charge is -2.30. The Balaban J connectivity index is 1.49. The molecule has 1 saturated carbocycles. The third-order valence-corrected chi connectivity index (χ3v) is 5.38. The van der Waals surface area contributed by atoms with Gasteiger partial charge in [0.2, 0.25) is 6.79 Å². The second kappa shape index (κ2) is 7.50. The second-order valence-corrected chi connectivity index (χ2v) is 7.37. The van der Waals surface area contributed by atoms with E-state index < -0.39 is 0 Å². The average molecular weight is 370 g/mol. The van der Waals surface area contributed by atoms with E-state index >= 15 is 0 Å². The van der Waals surface area contributed by atoms with E-state index in [2.05, 4.69) is 10.4 Å². The van der Waals surface area contributed by atoms with Crippen LogP contribution < -0.4 is 14.8 Å². The van der Waals surface area contributed by atoms with Crippen LogP contribution in [-0.2, 0) is 13.6 Å². The molecule has 0 spiro atoms. The van der Waals surface area contributed by atoms with Gasteiger partial charge < -0.3 is 19.7 Å². The lowest BCUT2D eigenvalue weighted by atomic mass is 10.1. The van der Waals surface area contributed by atoms with Crippen molar-refractivity contribution in [1.82, 2.24) is 20.0 Å². The van der Waals surface area contributed by atoms with E-state index in [1.807, 2.05) is 43.3 Å². The third kappa shape index (κ3) is 3.86. The number of urea groups is 1. The first-order chi connectivity index (χ1) is 13.1. The van der Waals surface area contributed by atoms with E-state index in [4.69, 9.17) is 9.47 Å². The van der Waals surface area contributed by atoms with Crippen molar-refractivity contribution in [1.29, 1.82) is 0 Å². The van der Waals surface area contributed by atoms with Gasteiger partial charge in [0.1, 0.15) is 0 Å². The van der Waals surface area contributed by atoms with Gasteiger partial charge in [-0.1, -0.05) is 18.9 Å². The number of ether oxygens (including phenoxy) is 2. The van der Waals surface area contributed by atoms with Crippen LogP contribution in [0.5, 0.6) is 11.5 Å². The van der Waals surface area contributed by atoms with E-state index in [1.54, 1.807) is 10.9 Å². The Bertz CT molecular complexity index is 813. The van der Waals surface area contributed by atoms with E-state index in [0.29, 0.717) is 6.54 Å². The minimum Gasteiger partial charge on any atom is -0.454 e. The summed E-state index contributed by atoms with van der Waals surface area (Å²) in [4.78, 5) is 15.1. The monoisotopic (exact) mass is 370 g/mol. The first kappa shape index (κ1) is 17.7. The van der Waals surface area contributed by atoms with Crippen molar-refractivity contribution >= 4 is 6.03 Å². The largest absolute Gasteiger partial charge is 0.454 e. The van der Waals surface area contributed by atoms with Gasteiger partial charge in [0, 0.05) is 31.4 Å². The standard InChI is InChI=1S/C20H26N4O3/c1-14(16-10-21-23(2)12-16)22-20(25)24(17-5-3-4-6-17)11-15-7-8-18-19(9-15)27-13-26-18/h7-10,12,14,17H,3-6,11,13H2,1-2H3,(H,22,25). The number of aryl methyl sites for hydroxylation is 1. The minimum atomic E-state index is -0.0909. The predicted molar refractivity (Wildman–Crippen MR) is 101 cm³/mol. The number of benzene rings is 1. The van der Waals surface area contributed by atoms with Crippen molar-refractivity contribution in [3.05, 3.63) is 41.7 Å². The SMILES string of the molecule is CC(NC(=O)N(Cc1ccc2c(c1)OCO2)C1CCCC1)c1cnn(C)c1. The van der Waals surface area contributed by atoms with Gasteiger partial charge in [-0.05, 0) is 37.5 Å². The molecule has 1 N–H and O–H groups in total. The third-order valence-electron chi connectivity index (χ3n) is 5.38. The number of hydrogen-bond donors (Lipinski definition) is 1. The molecule has 1 aromatic heterocycles. The predicted octanol–water partition coefficient (Wildman–Crippen LogP) is 3.36. The Morgan fingerprint density at radius 3 is 2.85 bits per heavy atom. The Hall–Kier alpha value is -2.70. The zero-order valence-corrected chi connectivity index (χ0v) is 15.9. The smallest absolute Gasteiger partial charge is 0.318 e. The van der Waals surface area contributed by atoms with Crippen LogP contribution in [0.3, 0.4) is 0 Å². The summed E-state index contributed by atoms with van der Waals surface area (Å²) in [5.41, 5.74) is 2.05. The summed E-state index contributed by atoms with van der Waals surface area (Å²) < 4.78 is 12.6. The fraction of sp³-hybridized carbons (Fsp3) is 0.500. The molecule has 1 aromatic carbocycles. The Morgan fingerprint density at radius 1 is 1.33 bits per heavy atom. The van der Waals surface area contributed by atoms with Crippen LogP contribution in [0.2, 0.25) is 0 Å². The molecule has 0 saturated heterocycles. The van der Waals surface area contributed by atoms with Crippen LogP contribution >= 0.6 is 0 Å². The van der Waals surface area contributed by atoms with Gasteiger partial charge >= 0.3 is 6.03 Å². The molecule has 2 aliphatic rings. The lowest BCUT2D eigenvalue weighted by molar-refractivity contribution is 0.167. The molecular formula is C20H26N4O3. The van der Waals surface area contributed by atoms with Gasteiger partial charge in [-0.25, -0.2) is 4.79 Å². The normalized spacial score (nSPS) is 17.1. The summed E-state index contributed by atoms with van der Waals surface area (Å²) in [5.74, 6) is 1.52. The molecule has 1 unspecified atom stereocenters. The highest BCUT2D eigenvalue weighted by Gasteiger charge is 2.28. The van der Waals surface area contributed by atoms with Crippen molar-refractivity contribution in [2.75, 3.05) is 6.79 Å². The quantitative estimate of drug-likeness (QED) is 0.876. The number of carbonyl (C=O) groups is 1. The molecule has 1 aliphatic heterocycles. The lowest BCUT2D eigenvalue weighted by Crippen LogP contribution is -2.45. The van der Waals surface area contributed by atoms with Crippen LogP contribution in [0.1, 0.15) is 49.8 Å². The minimum absolute atomic E-state index is 0.0316. The summed E-state index contributed by atoms with van der Waals surface area (Å²) in [6, 6.07) is 6.05. The van der Waals surface area contributed by atoms with E-state index in [1.165, 1.54) is 12.8 Å². The summed E-state index contributed by atoms with van der Waals surface area (Å²) in [7, 11) is 1.88. The molecule has 4 rings (SSSR count). The molecular weight excluding hydrogens is 344 g/mol. The van der Waals surface area contributed by atoms with Crippen molar-refractivity contribution in [3.63, 3.8) is 0 Å². The molecule has 144 valence electrons. The van der Waals surface area contributed by atoms with Crippen LogP contribution in [0.15, 0.2) is 30.6 Å². The molecule has 1 fully saturated rings. The molecule has 0 radical (unpaired) electrons. The van der Waals surface area contributed by atoms with Gasteiger partial charge in [-0.2, -0.15) is 5.10 Å². The number of nitrogens with one attached hydrogen (secondary N) is 1. The van der Waals surface area contributed by atoms with Gasteiger partial charge in [0.05, 0.1) is 12.2 Å². The number of nitrogens with zero attached hydrogens (tertiary/aromatic N) is 3. The van der Waals surface area contributed by atoms with Gasteiger partial charge in [-0.3, -0.25) is 4.68 Å². The number of hydrogen-bond acceptors (Lipinski definition) is 4. The summed E-state index contributed by atoms with van der Waals surface area (Å²) in [6.45, 7) is 2.81. The van der Waals surface area contributed by atoms with E-state index in [0.717, 1.165) is 35.5 Å². The zero-order chi connectivity index (χ0) is 18.8. The maximum atomic E-state index is 13.1. The molecule has 2 heterocycles. The highest BCUT2D eigenvalue weighted by atomic mass is 16.7. The zero-order valence-electron chi connectivity index (χ0n) is 15.9. The number of aromatic nitrogens is 2.